The van der Waals surface area contributed by atoms with E-state index in [0.717, 1.165) is 11.3 Å². The first kappa shape index (κ1) is 48.6. The number of cyclic esters (lactones) is 1. The molecule has 0 radical (unpaired) electrons. The van der Waals surface area contributed by atoms with Gasteiger partial charge in [0.1, 0.15) is 18.1 Å². The molecule has 0 bridgehead atoms. The Kier molecular flexibility index (Phi) is 16.2. The predicted octanol–water partition coefficient (Wildman–Crippen LogP) is 5.45. The minimum absolute atomic E-state index is 0.0488. The van der Waals surface area contributed by atoms with Crippen LogP contribution in [0.1, 0.15) is 94.9 Å². The Hall–Kier alpha value is -3.44. The molecule has 5 rings (SSSR count). The van der Waals surface area contributed by atoms with Gasteiger partial charge in [0, 0.05) is 56.0 Å². The van der Waals surface area contributed by atoms with Crippen LogP contribution >= 0.6 is 0 Å². The van der Waals surface area contributed by atoms with Crippen LogP contribution < -0.4 is 10.7 Å². The lowest BCUT2D eigenvalue weighted by atomic mass is 9.71. The van der Waals surface area contributed by atoms with E-state index in [9.17, 15) is 19.5 Å². The summed E-state index contributed by atoms with van der Waals surface area (Å²) >= 11 is 0. The van der Waals surface area contributed by atoms with E-state index < -0.39 is 71.5 Å². The molecular weight excluding hydrogens is 781 g/mol. The number of aryl methyl sites for hydroxylation is 1. The molecule has 2 aromatic rings. The maximum atomic E-state index is 14.5. The number of esters is 1. The number of aliphatic hydroxyl groups excluding tert-OH is 1. The van der Waals surface area contributed by atoms with E-state index in [0.29, 0.717) is 38.8 Å². The number of imidazole rings is 1. The summed E-state index contributed by atoms with van der Waals surface area (Å²) in [5, 5.41) is 17.0. The third-order valence-corrected chi connectivity index (χ3v) is 13.5. The van der Waals surface area contributed by atoms with Crippen molar-refractivity contribution in [1.29, 1.82) is 0 Å². The van der Waals surface area contributed by atoms with Gasteiger partial charge in [0.2, 0.25) is 0 Å². The second-order valence-corrected chi connectivity index (χ2v) is 18.8. The fourth-order valence-electron chi connectivity index (χ4n) is 10.1. The topological polar surface area (TPSA) is 166 Å². The van der Waals surface area contributed by atoms with Crippen molar-refractivity contribution in [2.75, 3.05) is 27.7 Å². The summed E-state index contributed by atoms with van der Waals surface area (Å²) in [6.45, 7) is 20.4. The Morgan fingerprint density at radius 2 is 1.75 bits per heavy atom. The number of amides is 1. The number of rotatable bonds is 13. The summed E-state index contributed by atoms with van der Waals surface area (Å²) in [5.74, 6) is -3.58. The number of nitrogens with zero attached hydrogens (tertiary/aromatic N) is 4. The number of likely N-dealkylation sites (N-methyl/N-ethyl adjacent to an activating group) is 1. The van der Waals surface area contributed by atoms with Crippen LogP contribution in [-0.2, 0) is 39.8 Å². The van der Waals surface area contributed by atoms with Crippen LogP contribution in [0.5, 0.6) is 0 Å². The average molecular weight is 855 g/mol. The van der Waals surface area contributed by atoms with Gasteiger partial charge in [0.25, 0.3) is 0 Å². The van der Waals surface area contributed by atoms with Crippen molar-refractivity contribution in [1.82, 2.24) is 30.2 Å². The number of aromatic nitrogens is 2. The van der Waals surface area contributed by atoms with E-state index in [4.69, 9.17) is 23.7 Å². The highest BCUT2D eigenvalue weighted by atomic mass is 16.7. The number of aliphatic hydroxyl groups is 1. The van der Waals surface area contributed by atoms with E-state index in [-0.39, 0.29) is 36.1 Å². The molecule has 61 heavy (non-hydrogen) atoms. The molecule has 0 saturated carbocycles. The highest BCUT2D eigenvalue weighted by molar-refractivity contribution is 6.00. The minimum Gasteiger partial charge on any atom is -0.458 e. The molecule has 3 saturated heterocycles. The lowest BCUT2D eigenvalue weighted by Gasteiger charge is -2.48. The summed E-state index contributed by atoms with van der Waals surface area (Å²) in [6, 6.07) is 8.96. The standard InChI is InChI=1S/C46H74N6O9/c1-14-36-46(10)40(52(44(56)61-46)48-21-18-22-51-25-34(47-26-51)33-19-16-15-17-20-33)30(6)37(49-27(2)3)28(4)24-45(9,57-13)41(31(7)38(53)32(8)42(55)59-36)60-43-39(54)35(50(11)12)23-29(5)58-43/h15-17,19-20,25-32,35-37,39-41,43,48-49,54H,14,18,21-24H2,1-13H3/t28-,29-,30+,31+,32-,35+,36-,37?,39-,40-,41-,43+,45+,46-/m1/s1. The minimum atomic E-state index is -1.29. The van der Waals surface area contributed by atoms with Crippen LogP contribution in [0.2, 0.25) is 0 Å². The van der Waals surface area contributed by atoms with E-state index in [1.54, 1.807) is 26.0 Å². The van der Waals surface area contributed by atoms with Gasteiger partial charge in [-0.3, -0.25) is 9.59 Å². The number of nitrogens with one attached hydrogen (secondary N) is 2. The molecule has 1 aromatic heterocycles. The SMILES string of the molecule is CC[C@H]1OC(=O)[C@H](C)C(=O)[C@H](C)[C@@H](O[C@@H]2O[C@H](C)C[C@H](N(C)C)[C@H]2O)[C@@](C)(OC)C[C@@H](C)C(NC(C)C)[C@H](C)[C@H]2N(NCCCn3cnc(-c4ccccc4)c3)C(=O)O[C@]12C. The van der Waals surface area contributed by atoms with Crippen molar-refractivity contribution in [3.8, 4) is 11.3 Å². The number of methoxy groups -OCH3 is 1. The first-order valence-corrected chi connectivity index (χ1v) is 22.3. The number of hydrogen-bond acceptors (Lipinski definition) is 13. The molecule has 1 unspecified atom stereocenters. The van der Waals surface area contributed by atoms with Crippen LogP contribution in [0.3, 0.4) is 0 Å². The first-order valence-electron chi connectivity index (χ1n) is 22.3. The molecule has 15 nitrogen and oxygen atoms in total. The summed E-state index contributed by atoms with van der Waals surface area (Å²) < 4.78 is 34.1. The van der Waals surface area contributed by atoms with Gasteiger partial charge in [0.05, 0.1) is 35.9 Å². The van der Waals surface area contributed by atoms with Crippen molar-refractivity contribution in [3.63, 3.8) is 0 Å². The quantitative estimate of drug-likeness (QED) is 0.133. The van der Waals surface area contributed by atoms with E-state index in [1.807, 2.05) is 94.1 Å². The zero-order chi connectivity index (χ0) is 45.0. The van der Waals surface area contributed by atoms with Gasteiger partial charge >= 0.3 is 12.1 Å². The lowest BCUT2D eigenvalue weighted by Crippen LogP contribution is -2.64. The normalized spacial score (nSPS) is 36.8. The molecule has 3 aliphatic heterocycles. The second-order valence-electron chi connectivity index (χ2n) is 18.8. The highest BCUT2D eigenvalue weighted by Crippen LogP contribution is 2.43. The van der Waals surface area contributed by atoms with Gasteiger partial charge in [0.15, 0.2) is 17.7 Å². The van der Waals surface area contributed by atoms with Crippen molar-refractivity contribution in [3.05, 3.63) is 42.9 Å². The monoisotopic (exact) mass is 855 g/mol. The van der Waals surface area contributed by atoms with Crippen LogP contribution in [0, 0.1) is 23.7 Å². The summed E-state index contributed by atoms with van der Waals surface area (Å²) in [5.41, 5.74) is 2.94. The molecule has 1 aromatic carbocycles. The Bertz CT molecular complexity index is 1760. The molecule has 0 aliphatic carbocycles. The number of benzene rings is 1. The van der Waals surface area contributed by atoms with Gasteiger partial charge in [-0.25, -0.2) is 20.2 Å². The van der Waals surface area contributed by atoms with Gasteiger partial charge in [-0.05, 0) is 79.3 Å². The lowest BCUT2D eigenvalue weighted by molar-refractivity contribution is -0.295. The van der Waals surface area contributed by atoms with Crippen LogP contribution in [-0.4, -0.2) is 136 Å². The summed E-state index contributed by atoms with van der Waals surface area (Å²) in [6.07, 6.45) is 1.20. The molecule has 3 fully saturated rings. The highest BCUT2D eigenvalue weighted by Gasteiger charge is 2.61. The number of ketones is 1. The number of hydrazine groups is 1. The van der Waals surface area contributed by atoms with Gasteiger partial charge in [-0.1, -0.05) is 71.9 Å². The van der Waals surface area contributed by atoms with E-state index in [1.165, 1.54) is 0 Å². The fourth-order valence-corrected chi connectivity index (χ4v) is 10.1. The molecular formula is C46H74N6O9. The second kappa shape index (κ2) is 20.4. The maximum absolute atomic E-state index is 14.5. The fraction of sp³-hybridized carbons (Fsp3) is 0.739. The van der Waals surface area contributed by atoms with E-state index >= 15 is 0 Å². The zero-order valence-electron chi connectivity index (χ0n) is 38.8. The smallest absolute Gasteiger partial charge is 0.425 e. The van der Waals surface area contributed by atoms with Crippen LogP contribution in [0.15, 0.2) is 42.9 Å². The van der Waals surface area contributed by atoms with Crippen molar-refractivity contribution in [2.24, 2.45) is 23.7 Å². The number of fused-ring (bicyclic) bond motifs is 1. The largest absolute Gasteiger partial charge is 0.458 e. The van der Waals surface area contributed by atoms with Gasteiger partial charge in [-0.2, -0.15) is 0 Å². The van der Waals surface area contributed by atoms with Crippen molar-refractivity contribution < 1.29 is 43.2 Å². The Labute approximate surface area is 363 Å². The molecule has 15 heteroatoms. The zero-order valence-corrected chi connectivity index (χ0v) is 38.8. The molecule has 0 spiro atoms. The maximum Gasteiger partial charge on any atom is 0.425 e. The van der Waals surface area contributed by atoms with Crippen LogP contribution in [0.25, 0.3) is 11.3 Å². The number of ether oxygens (including phenoxy) is 5. The predicted molar refractivity (Wildman–Crippen MR) is 232 cm³/mol. The van der Waals surface area contributed by atoms with Crippen molar-refractivity contribution in [2.45, 2.75) is 168 Å². The molecule has 3 N–H and O–H groups in total. The summed E-state index contributed by atoms with van der Waals surface area (Å²) in [4.78, 5) is 49.3. The van der Waals surface area contributed by atoms with Gasteiger partial charge in [-0.15, -0.1) is 0 Å². The number of Topliss-reactive ketones (excluding diaryl/α,β-unsaturated/α-hetero) is 1. The number of carbonyl (C=O) groups is 3. The van der Waals surface area contributed by atoms with E-state index in [2.05, 4.69) is 43.4 Å². The number of hydrogen-bond donors (Lipinski definition) is 3. The third-order valence-electron chi connectivity index (χ3n) is 13.5. The van der Waals surface area contributed by atoms with Crippen molar-refractivity contribution >= 4 is 17.8 Å². The average Bonchev–Trinajstić information content (AvgIpc) is 3.80. The summed E-state index contributed by atoms with van der Waals surface area (Å²) in [7, 11) is 5.42. The molecule has 342 valence electrons. The van der Waals surface area contributed by atoms with Crippen LogP contribution in [0.4, 0.5) is 4.79 Å². The third kappa shape index (κ3) is 10.7. The van der Waals surface area contributed by atoms with Gasteiger partial charge < -0.3 is 43.6 Å². The Morgan fingerprint density at radius 3 is 2.38 bits per heavy atom. The molecule has 3 aliphatic rings. The number of carbonyl (C=O) groups excluding carboxylic acids is 3. The molecule has 4 heterocycles. The Balaban J connectivity index is 1.49. The first-order chi connectivity index (χ1) is 28.8. The molecule has 14 atom stereocenters. The molecule has 1 amide bonds. The Morgan fingerprint density at radius 1 is 1.07 bits per heavy atom.